The minimum Gasteiger partial charge on any atom is -0.344 e. The van der Waals surface area contributed by atoms with E-state index in [1.807, 2.05) is 32.9 Å². The van der Waals surface area contributed by atoms with E-state index in [1.54, 1.807) is 6.07 Å². The first-order valence-electron chi connectivity index (χ1n) is 10.4. The second-order valence-electron chi connectivity index (χ2n) is 8.38. The average molecular weight is 374 g/mol. The Labute approximate surface area is 163 Å². The van der Waals surface area contributed by atoms with Gasteiger partial charge in [0.15, 0.2) is 0 Å². The van der Waals surface area contributed by atoms with Crippen LogP contribution in [-0.2, 0) is 9.59 Å². The first kappa shape index (κ1) is 21.4. The number of hydrogen-bond acceptors (Lipinski definition) is 3. The molecule has 0 aromatic carbocycles. The van der Waals surface area contributed by atoms with Crippen molar-refractivity contribution in [1.29, 1.82) is 0 Å². The highest BCUT2D eigenvalue weighted by Crippen LogP contribution is 2.33. The lowest BCUT2D eigenvalue weighted by atomic mass is 9.76. The third kappa shape index (κ3) is 6.05. The van der Waals surface area contributed by atoms with Crippen LogP contribution >= 0.6 is 0 Å². The summed E-state index contributed by atoms with van der Waals surface area (Å²) in [7, 11) is 0. The molecule has 5 heteroatoms. The fourth-order valence-corrected chi connectivity index (χ4v) is 3.84. The van der Waals surface area contributed by atoms with Gasteiger partial charge in [-0.2, -0.15) is 0 Å². The van der Waals surface area contributed by atoms with Crippen LogP contribution in [0.2, 0.25) is 0 Å². The molecular weight excluding hydrogens is 338 g/mol. The van der Waals surface area contributed by atoms with E-state index in [9.17, 15) is 9.59 Å². The number of amides is 2. The molecule has 1 saturated carbocycles. The first-order valence-corrected chi connectivity index (χ1v) is 10.4. The molecule has 0 bridgehead atoms. The zero-order chi connectivity index (χ0) is 20.0. The number of aryl methyl sites for hydroxylation is 1. The molecule has 1 aromatic heterocycles. The molecule has 2 atom stereocenters. The molecule has 1 aliphatic rings. The highest BCUT2D eigenvalue weighted by Gasteiger charge is 2.32. The fourth-order valence-electron chi connectivity index (χ4n) is 3.84. The molecule has 0 radical (unpaired) electrons. The number of rotatable bonds is 7. The van der Waals surface area contributed by atoms with Gasteiger partial charge in [0.05, 0.1) is 0 Å². The number of nitrogens with one attached hydrogen (secondary N) is 2. The summed E-state index contributed by atoms with van der Waals surface area (Å²) in [5, 5.41) is 5.90. The number of pyridine rings is 1. The van der Waals surface area contributed by atoms with Gasteiger partial charge in [0.25, 0.3) is 0 Å². The molecule has 2 rings (SSSR count). The van der Waals surface area contributed by atoms with Crippen molar-refractivity contribution in [3.8, 4) is 0 Å². The van der Waals surface area contributed by atoms with E-state index >= 15 is 0 Å². The minimum absolute atomic E-state index is 0.0230. The number of aromatic nitrogens is 1. The summed E-state index contributed by atoms with van der Waals surface area (Å²) in [6, 6.07) is 4.99. The van der Waals surface area contributed by atoms with Gasteiger partial charge in [0, 0.05) is 11.6 Å². The molecule has 0 aliphatic heterocycles. The summed E-state index contributed by atoms with van der Waals surface area (Å²) in [4.78, 5) is 30.0. The predicted octanol–water partition coefficient (Wildman–Crippen LogP) is 4.32. The Kier molecular flexibility index (Phi) is 7.81. The molecule has 1 aliphatic carbocycles. The van der Waals surface area contributed by atoms with E-state index in [2.05, 4.69) is 29.5 Å². The summed E-state index contributed by atoms with van der Waals surface area (Å²) >= 11 is 0. The lowest BCUT2D eigenvalue weighted by Crippen LogP contribution is -2.50. The number of hydrogen-bond donors (Lipinski definition) is 2. The van der Waals surface area contributed by atoms with Gasteiger partial charge in [-0.3, -0.25) is 9.59 Å². The van der Waals surface area contributed by atoms with Gasteiger partial charge in [0.1, 0.15) is 11.9 Å². The van der Waals surface area contributed by atoms with Crippen molar-refractivity contribution >= 4 is 17.6 Å². The van der Waals surface area contributed by atoms with E-state index in [4.69, 9.17) is 0 Å². The van der Waals surface area contributed by atoms with Crippen molar-refractivity contribution in [2.24, 2.45) is 23.7 Å². The van der Waals surface area contributed by atoms with Crippen LogP contribution in [0.5, 0.6) is 0 Å². The molecule has 1 aromatic rings. The molecule has 27 heavy (non-hydrogen) atoms. The van der Waals surface area contributed by atoms with Gasteiger partial charge in [-0.05, 0) is 62.5 Å². The Morgan fingerprint density at radius 3 is 2.37 bits per heavy atom. The van der Waals surface area contributed by atoms with Gasteiger partial charge in [-0.25, -0.2) is 4.98 Å². The molecule has 5 nitrogen and oxygen atoms in total. The van der Waals surface area contributed by atoms with E-state index in [0.29, 0.717) is 11.7 Å². The largest absolute Gasteiger partial charge is 0.344 e. The highest BCUT2D eigenvalue weighted by atomic mass is 16.2. The first-order chi connectivity index (χ1) is 12.8. The lowest BCUT2D eigenvalue weighted by molar-refractivity contribution is -0.131. The van der Waals surface area contributed by atoms with Gasteiger partial charge < -0.3 is 10.6 Å². The molecule has 1 heterocycles. The maximum Gasteiger partial charge on any atom is 0.248 e. The van der Waals surface area contributed by atoms with E-state index in [1.165, 1.54) is 0 Å². The van der Waals surface area contributed by atoms with Crippen molar-refractivity contribution in [1.82, 2.24) is 10.3 Å². The summed E-state index contributed by atoms with van der Waals surface area (Å²) in [5.41, 5.74) is 0.846. The predicted molar refractivity (Wildman–Crippen MR) is 109 cm³/mol. The van der Waals surface area contributed by atoms with Crippen molar-refractivity contribution < 1.29 is 9.59 Å². The molecule has 0 saturated heterocycles. The van der Waals surface area contributed by atoms with Crippen molar-refractivity contribution in [3.05, 3.63) is 23.9 Å². The van der Waals surface area contributed by atoms with E-state index < -0.39 is 6.04 Å². The highest BCUT2D eigenvalue weighted by molar-refractivity contribution is 5.97. The minimum atomic E-state index is -0.535. The Morgan fingerprint density at radius 1 is 1.15 bits per heavy atom. The van der Waals surface area contributed by atoms with Crippen molar-refractivity contribution in [3.63, 3.8) is 0 Å². The standard InChI is InChI=1S/C22H35N3O2/c1-6-15(4)20(22(27)24-19-9-7-8-16(5)23-19)25-21(26)18-12-10-17(11-13-18)14(2)3/h7-9,14-15,17-18,20H,6,10-13H2,1-5H3,(H,25,26)(H,23,24,27)/t15-,17?,18?,20-/m1/s1. The summed E-state index contributed by atoms with van der Waals surface area (Å²) < 4.78 is 0. The zero-order valence-corrected chi connectivity index (χ0v) is 17.4. The Hall–Kier alpha value is -1.91. The van der Waals surface area contributed by atoms with Crippen molar-refractivity contribution in [2.45, 2.75) is 72.8 Å². The SMILES string of the molecule is CC[C@@H](C)[C@@H](NC(=O)C1CCC(C(C)C)CC1)C(=O)Nc1cccc(C)n1. The van der Waals surface area contributed by atoms with E-state index in [0.717, 1.165) is 43.7 Å². The second kappa shape index (κ2) is 9.86. The van der Waals surface area contributed by atoms with Crippen LogP contribution in [-0.4, -0.2) is 22.8 Å². The van der Waals surface area contributed by atoms with E-state index in [-0.39, 0.29) is 23.7 Å². The Bertz CT molecular complexity index is 636. The Balaban J connectivity index is 1.99. The maximum atomic E-state index is 12.8. The zero-order valence-electron chi connectivity index (χ0n) is 17.4. The number of nitrogens with zero attached hydrogens (tertiary/aromatic N) is 1. The van der Waals surface area contributed by atoms with Crippen molar-refractivity contribution in [2.75, 3.05) is 5.32 Å². The van der Waals surface area contributed by atoms with Crippen LogP contribution < -0.4 is 10.6 Å². The molecule has 2 amide bonds. The topological polar surface area (TPSA) is 71.1 Å². The number of anilines is 1. The Morgan fingerprint density at radius 2 is 1.81 bits per heavy atom. The average Bonchev–Trinajstić information content (AvgIpc) is 2.65. The molecule has 150 valence electrons. The smallest absolute Gasteiger partial charge is 0.248 e. The van der Waals surface area contributed by atoms with Gasteiger partial charge >= 0.3 is 0 Å². The number of carbonyl (C=O) groups excluding carboxylic acids is 2. The number of carbonyl (C=O) groups is 2. The third-order valence-electron chi connectivity index (χ3n) is 6.02. The van der Waals surface area contributed by atoms with Crippen LogP contribution in [0.4, 0.5) is 5.82 Å². The van der Waals surface area contributed by atoms with Gasteiger partial charge in [-0.15, -0.1) is 0 Å². The second-order valence-corrected chi connectivity index (χ2v) is 8.38. The molecular formula is C22H35N3O2. The summed E-state index contributed by atoms with van der Waals surface area (Å²) in [6.07, 6.45) is 4.86. The van der Waals surface area contributed by atoms with Crippen LogP contribution in [0, 0.1) is 30.6 Å². The van der Waals surface area contributed by atoms with Crippen LogP contribution in [0.15, 0.2) is 18.2 Å². The summed E-state index contributed by atoms with van der Waals surface area (Å²) in [6.45, 7) is 10.4. The monoisotopic (exact) mass is 373 g/mol. The molecule has 1 fully saturated rings. The molecule has 2 N–H and O–H groups in total. The third-order valence-corrected chi connectivity index (χ3v) is 6.02. The van der Waals surface area contributed by atoms with Crippen LogP contribution in [0.25, 0.3) is 0 Å². The maximum absolute atomic E-state index is 12.8. The van der Waals surface area contributed by atoms with Gasteiger partial charge in [0.2, 0.25) is 11.8 Å². The molecule has 0 spiro atoms. The normalized spacial score (nSPS) is 22.1. The van der Waals surface area contributed by atoms with Crippen LogP contribution in [0.1, 0.15) is 65.5 Å². The summed E-state index contributed by atoms with van der Waals surface area (Å²) in [5.74, 6) is 1.84. The molecule has 0 unspecified atom stereocenters. The quantitative estimate of drug-likeness (QED) is 0.747. The van der Waals surface area contributed by atoms with Gasteiger partial charge in [-0.1, -0.05) is 40.2 Å². The lowest BCUT2D eigenvalue weighted by Gasteiger charge is -2.32. The van der Waals surface area contributed by atoms with Crippen LogP contribution in [0.3, 0.4) is 0 Å². The fraction of sp³-hybridized carbons (Fsp3) is 0.682.